The van der Waals surface area contributed by atoms with E-state index in [9.17, 15) is 14.7 Å². The molecule has 2 aliphatic rings. The second-order valence-electron chi connectivity index (χ2n) is 8.63. The first kappa shape index (κ1) is 22.0. The summed E-state index contributed by atoms with van der Waals surface area (Å²) < 4.78 is 16.7. The van der Waals surface area contributed by atoms with Crippen molar-refractivity contribution in [3.63, 3.8) is 0 Å². The summed E-state index contributed by atoms with van der Waals surface area (Å²) in [6.45, 7) is 8.77. The van der Waals surface area contributed by atoms with Crippen LogP contribution >= 0.6 is 0 Å². The van der Waals surface area contributed by atoms with Gasteiger partial charge < -0.3 is 24.2 Å². The standard InChI is InChI=1S/C20H35NO6/c1-5-25-18(23)15-6-8-17(9-7-15)26-13-16-10-14(12-22)11-21(16)19(24)27-20(2,3)4/h14-17,22H,5-13H2,1-4H3/t14-,15?,16-,17?/m0/s1. The van der Waals surface area contributed by atoms with Crippen LogP contribution in [0.1, 0.15) is 59.8 Å². The number of carbonyl (C=O) groups excluding carboxylic acids is 2. The van der Waals surface area contributed by atoms with Gasteiger partial charge >= 0.3 is 12.1 Å². The van der Waals surface area contributed by atoms with Crippen LogP contribution < -0.4 is 0 Å². The molecule has 0 unspecified atom stereocenters. The fourth-order valence-electron chi connectivity index (χ4n) is 3.82. The number of rotatable bonds is 6. The molecule has 0 aromatic rings. The van der Waals surface area contributed by atoms with Crippen molar-refractivity contribution in [3.05, 3.63) is 0 Å². The number of likely N-dealkylation sites (tertiary alicyclic amines) is 1. The first-order valence-corrected chi connectivity index (χ1v) is 10.1. The zero-order valence-corrected chi connectivity index (χ0v) is 17.1. The van der Waals surface area contributed by atoms with Gasteiger partial charge in [0.15, 0.2) is 0 Å². The molecule has 0 aromatic carbocycles. The van der Waals surface area contributed by atoms with Crippen LogP contribution in [0.25, 0.3) is 0 Å². The van der Waals surface area contributed by atoms with Crippen molar-refractivity contribution in [1.29, 1.82) is 0 Å². The lowest BCUT2D eigenvalue weighted by Crippen LogP contribution is -2.42. The van der Waals surface area contributed by atoms with E-state index in [2.05, 4.69) is 0 Å². The highest BCUT2D eigenvalue weighted by Crippen LogP contribution is 2.30. The Morgan fingerprint density at radius 1 is 1.15 bits per heavy atom. The van der Waals surface area contributed by atoms with Crippen molar-refractivity contribution in [2.24, 2.45) is 11.8 Å². The number of hydrogen-bond donors (Lipinski definition) is 1. The van der Waals surface area contributed by atoms with Crippen molar-refractivity contribution in [1.82, 2.24) is 4.90 Å². The molecule has 0 bridgehead atoms. The van der Waals surface area contributed by atoms with E-state index >= 15 is 0 Å². The molecule has 7 heteroatoms. The summed E-state index contributed by atoms with van der Waals surface area (Å²) in [5, 5.41) is 9.49. The minimum absolute atomic E-state index is 0.0201. The first-order valence-electron chi connectivity index (χ1n) is 10.1. The van der Waals surface area contributed by atoms with Crippen molar-refractivity contribution < 1.29 is 28.9 Å². The maximum atomic E-state index is 12.5. The van der Waals surface area contributed by atoms with Crippen LogP contribution in [-0.4, -0.2) is 66.2 Å². The predicted molar refractivity (Wildman–Crippen MR) is 100 cm³/mol. The smallest absolute Gasteiger partial charge is 0.410 e. The SMILES string of the molecule is CCOC(=O)C1CCC(OC[C@@H]2C[C@H](CO)CN2C(=O)OC(C)(C)C)CC1. The van der Waals surface area contributed by atoms with E-state index in [-0.39, 0.29) is 42.7 Å². The van der Waals surface area contributed by atoms with E-state index in [0.717, 1.165) is 25.7 Å². The molecule has 156 valence electrons. The molecule has 1 heterocycles. The molecular weight excluding hydrogens is 350 g/mol. The third kappa shape index (κ3) is 6.64. The van der Waals surface area contributed by atoms with E-state index in [0.29, 0.717) is 26.2 Å². The Labute approximate surface area is 162 Å². The summed E-state index contributed by atoms with van der Waals surface area (Å²) in [6, 6.07) is -0.0835. The number of carbonyl (C=O) groups is 2. The van der Waals surface area contributed by atoms with Gasteiger partial charge in [0.1, 0.15) is 5.60 Å². The monoisotopic (exact) mass is 385 g/mol. The number of nitrogens with zero attached hydrogens (tertiary/aromatic N) is 1. The first-order chi connectivity index (χ1) is 12.7. The molecule has 2 atom stereocenters. The van der Waals surface area contributed by atoms with Gasteiger partial charge in [-0.05, 0) is 59.8 Å². The zero-order valence-electron chi connectivity index (χ0n) is 17.1. The van der Waals surface area contributed by atoms with Crippen LogP contribution in [0, 0.1) is 11.8 Å². The van der Waals surface area contributed by atoms with Gasteiger partial charge in [-0.3, -0.25) is 4.79 Å². The van der Waals surface area contributed by atoms with Gasteiger partial charge in [0.05, 0.1) is 31.3 Å². The van der Waals surface area contributed by atoms with E-state index < -0.39 is 5.60 Å². The highest BCUT2D eigenvalue weighted by Gasteiger charge is 2.38. The molecule has 0 aromatic heterocycles. The molecular formula is C20H35NO6. The topological polar surface area (TPSA) is 85.3 Å². The lowest BCUT2D eigenvalue weighted by Gasteiger charge is -2.31. The van der Waals surface area contributed by atoms with Crippen LogP contribution in [0.4, 0.5) is 4.79 Å². The Hall–Kier alpha value is -1.34. The quantitative estimate of drug-likeness (QED) is 0.708. The molecule has 2 rings (SSSR count). The average molecular weight is 386 g/mol. The van der Waals surface area contributed by atoms with Gasteiger partial charge in [-0.25, -0.2) is 4.79 Å². The van der Waals surface area contributed by atoms with Gasteiger partial charge in [-0.1, -0.05) is 0 Å². The summed E-state index contributed by atoms with van der Waals surface area (Å²) in [4.78, 5) is 26.0. The number of aliphatic hydroxyl groups excluding tert-OH is 1. The maximum Gasteiger partial charge on any atom is 0.410 e. The van der Waals surface area contributed by atoms with Crippen molar-refractivity contribution >= 4 is 12.1 Å². The van der Waals surface area contributed by atoms with Crippen molar-refractivity contribution in [2.75, 3.05) is 26.4 Å². The van der Waals surface area contributed by atoms with Gasteiger partial charge in [-0.2, -0.15) is 0 Å². The van der Waals surface area contributed by atoms with Gasteiger partial charge in [0.25, 0.3) is 0 Å². The summed E-state index contributed by atoms with van der Waals surface area (Å²) in [7, 11) is 0. The van der Waals surface area contributed by atoms with Crippen LogP contribution in [0.2, 0.25) is 0 Å². The van der Waals surface area contributed by atoms with Crippen LogP contribution in [0.3, 0.4) is 0 Å². The lowest BCUT2D eigenvalue weighted by atomic mass is 9.87. The Morgan fingerprint density at radius 3 is 2.37 bits per heavy atom. The molecule has 2 fully saturated rings. The molecule has 1 N–H and O–H groups in total. The zero-order chi connectivity index (χ0) is 20.0. The molecule has 1 amide bonds. The van der Waals surface area contributed by atoms with E-state index in [1.54, 1.807) is 4.90 Å². The number of hydrogen-bond acceptors (Lipinski definition) is 6. The molecule has 0 radical (unpaired) electrons. The van der Waals surface area contributed by atoms with Gasteiger partial charge in [-0.15, -0.1) is 0 Å². The van der Waals surface area contributed by atoms with Gasteiger partial charge in [0, 0.05) is 19.1 Å². The molecule has 1 aliphatic carbocycles. The summed E-state index contributed by atoms with van der Waals surface area (Å²) in [6.07, 6.45) is 3.68. The minimum atomic E-state index is -0.550. The molecule has 1 saturated carbocycles. The highest BCUT2D eigenvalue weighted by molar-refractivity contribution is 5.72. The number of ether oxygens (including phenoxy) is 3. The fraction of sp³-hybridized carbons (Fsp3) is 0.900. The third-order valence-corrected chi connectivity index (χ3v) is 5.21. The predicted octanol–water partition coefficient (Wildman–Crippen LogP) is 2.74. The average Bonchev–Trinajstić information content (AvgIpc) is 3.03. The van der Waals surface area contributed by atoms with Crippen molar-refractivity contribution in [2.45, 2.75) is 77.5 Å². The second-order valence-corrected chi connectivity index (χ2v) is 8.63. The highest BCUT2D eigenvalue weighted by atomic mass is 16.6. The summed E-state index contributed by atoms with van der Waals surface area (Å²) in [5.74, 6) is -0.0624. The number of esters is 1. The van der Waals surface area contributed by atoms with E-state index in [1.807, 2.05) is 27.7 Å². The lowest BCUT2D eigenvalue weighted by molar-refractivity contribution is -0.150. The van der Waals surface area contributed by atoms with Crippen LogP contribution in [0.15, 0.2) is 0 Å². The van der Waals surface area contributed by atoms with Crippen LogP contribution in [-0.2, 0) is 19.0 Å². The molecule has 1 aliphatic heterocycles. The molecule has 1 saturated heterocycles. The second kappa shape index (κ2) is 9.73. The Kier molecular flexibility index (Phi) is 7.91. The number of amides is 1. The van der Waals surface area contributed by atoms with E-state index in [1.165, 1.54) is 0 Å². The molecule has 0 spiro atoms. The van der Waals surface area contributed by atoms with Gasteiger partial charge in [0.2, 0.25) is 0 Å². The fourth-order valence-corrected chi connectivity index (χ4v) is 3.82. The largest absolute Gasteiger partial charge is 0.466 e. The normalized spacial score (nSPS) is 28.9. The van der Waals surface area contributed by atoms with Crippen LogP contribution in [0.5, 0.6) is 0 Å². The van der Waals surface area contributed by atoms with E-state index in [4.69, 9.17) is 14.2 Å². The Balaban J connectivity index is 1.82. The Morgan fingerprint density at radius 2 is 1.81 bits per heavy atom. The summed E-state index contributed by atoms with van der Waals surface area (Å²) >= 11 is 0. The molecule has 27 heavy (non-hydrogen) atoms. The summed E-state index contributed by atoms with van der Waals surface area (Å²) in [5.41, 5.74) is -0.550. The third-order valence-electron chi connectivity index (χ3n) is 5.21. The van der Waals surface area contributed by atoms with Crippen molar-refractivity contribution in [3.8, 4) is 0 Å². The number of aliphatic hydroxyl groups is 1. The maximum absolute atomic E-state index is 12.5. The molecule has 7 nitrogen and oxygen atoms in total. The Bertz CT molecular complexity index is 495. The minimum Gasteiger partial charge on any atom is -0.466 e.